The number of sulfonamides is 1. The van der Waals surface area contributed by atoms with E-state index >= 15 is 0 Å². The lowest BCUT2D eigenvalue weighted by atomic mass is 10.2. The van der Waals surface area contributed by atoms with Crippen molar-refractivity contribution in [2.75, 3.05) is 16.2 Å². The number of amides is 1. The molecule has 1 aliphatic heterocycles. The third-order valence-corrected chi connectivity index (χ3v) is 6.01. The van der Waals surface area contributed by atoms with E-state index in [2.05, 4.69) is 4.72 Å². The Labute approximate surface area is 169 Å². The van der Waals surface area contributed by atoms with Crippen molar-refractivity contribution in [1.82, 2.24) is 0 Å². The predicted octanol–water partition coefficient (Wildman–Crippen LogP) is 4.41. The SMILES string of the molecule is O=C1CCCN1c1ccc(NS(=O)(=O)c2ccc(Oc3ccccc3)cc2)cc1. The van der Waals surface area contributed by atoms with E-state index in [4.69, 9.17) is 4.74 Å². The van der Waals surface area contributed by atoms with Gasteiger partial charge in [0.15, 0.2) is 0 Å². The van der Waals surface area contributed by atoms with Gasteiger partial charge in [-0.25, -0.2) is 8.42 Å². The van der Waals surface area contributed by atoms with Gasteiger partial charge in [-0.05, 0) is 67.1 Å². The molecule has 29 heavy (non-hydrogen) atoms. The molecule has 6 nitrogen and oxygen atoms in total. The highest BCUT2D eigenvalue weighted by atomic mass is 32.2. The minimum Gasteiger partial charge on any atom is -0.457 e. The Balaban J connectivity index is 1.45. The zero-order valence-corrected chi connectivity index (χ0v) is 16.4. The highest BCUT2D eigenvalue weighted by Gasteiger charge is 2.21. The van der Waals surface area contributed by atoms with E-state index in [9.17, 15) is 13.2 Å². The number of rotatable bonds is 6. The van der Waals surface area contributed by atoms with E-state index in [1.54, 1.807) is 41.3 Å². The third kappa shape index (κ3) is 4.41. The van der Waals surface area contributed by atoms with Crippen molar-refractivity contribution in [3.63, 3.8) is 0 Å². The van der Waals surface area contributed by atoms with Crippen LogP contribution < -0.4 is 14.4 Å². The molecule has 148 valence electrons. The van der Waals surface area contributed by atoms with Gasteiger partial charge in [0.2, 0.25) is 5.91 Å². The summed E-state index contributed by atoms with van der Waals surface area (Å²) in [7, 11) is -3.73. The number of para-hydroxylation sites is 1. The van der Waals surface area contributed by atoms with E-state index in [1.165, 1.54) is 12.1 Å². The molecule has 0 unspecified atom stereocenters. The summed E-state index contributed by atoms with van der Waals surface area (Å²) in [4.78, 5) is 13.7. The summed E-state index contributed by atoms with van der Waals surface area (Å²) in [5.41, 5.74) is 1.21. The predicted molar refractivity (Wildman–Crippen MR) is 112 cm³/mol. The van der Waals surface area contributed by atoms with Gasteiger partial charge in [-0.3, -0.25) is 9.52 Å². The van der Waals surface area contributed by atoms with Crippen LogP contribution in [0.3, 0.4) is 0 Å². The molecular weight excluding hydrogens is 388 g/mol. The lowest BCUT2D eigenvalue weighted by molar-refractivity contribution is -0.117. The molecule has 0 saturated carbocycles. The second-order valence-corrected chi connectivity index (χ2v) is 8.37. The van der Waals surface area contributed by atoms with Crippen molar-refractivity contribution in [1.29, 1.82) is 0 Å². The molecule has 0 spiro atoms. The molecule has 1 heterocycles. The monoisotopic (exact) mass is 408 g/mol. The molecule has 0 bridgehead atoms. The van der Waals surface area contributed by atoms with Crippen LogP contribution in [-0.2, 0) is 14.8 Å². The van der Waals surface area contributed by atoms with Gasteiger partial charge >= 0.3 is 0 Å². The van der Waals surface area contributed by atoms with Crippen molar-refractivity contribution in [2.24, 2.45) is 0 Å². The van der Waals surface area contributed by atoms with Crippen molar-refractivity contribution in [3.8, 4) is 11.5 Å². The van der Waals surface area contributed by atoms with Gasteiger partial charge in [0.05, 0.1) is 4.90 Å². The van der Waals surface area contributed by atoms with E-state index in [0.29, 0.717) is 30.2 Å². The molecule has 1 N–H and O–H groups in total. The first-order chi connectivity index (χ1) is 14.0. The smallest absolute Gasteiger partial charge is 0.261 e. The standard InChI is InChI=1S/C22H20N2O4S/c25-22-7-4-16-24(22)18-10-8-17(9-11-18)23-29(26,27)21-14-12-20(13-15-21)28-19-5-2-1-3-6-19/h1-3,5-6,8-15,23H,4,7,16H2. The van der Waals surface area contributed by atoms with Crippen LogP contribution >= 0.6 is 0 Å². The van der Waals surface area contributed by atoms with Crippen molar-refractivity contribution >= 4 is 27.3 Å². The van der Waals surface area contributed by atoms with Gasteiger partial charge in [0, 0.05) is 24.3 Å². The maximum Gasteiger partial charge on any atom is 0.261 e. The normalized spacial score (nSPS) is 14.1. The fraction of sp³-hybridized carbons (Fsp3) is 0.136. The summed E-state index contributed by atoms with van der Waals surface area (Å²) in [6.45, 7) is 0.696. The number of nitrogens with zero attached hydrogens (tertiary/aromatic N) is 1. The first-order valence-corrected chi connectivity index (χ1v) is 10.8. The van der Waals surface area contributed by atoms with Gasteiger partial charge in [0.1, 0.15) is 11.5 Å². The average Bonchev–Trinajstić information content (AvgIpc) is 3.15. The number of hydrogen-bond acceptors (Lipinski definition) is 4. The zero-order valence-electron chi connectivity index (χ0n) is 15.6. The number of carbonyl (C=O) groups excluding carboxylic acids is 1. The van der Waals surface area contributed by atoms with Crippen LogP contribution in [0.5, 0.6) is 11.5 Å². The molecule has 0 atom stereocenters. The van der Waals surface area contributed by atoms with Gasteiger partial charge in [-0.2, -0.15) is 0 Å². The minimum absolute atomic E-state index is 0.0937. The molecule has 0 radical (unpaired) electrons. The first kappa shape index (κ1) is 19.0. The third-order valence-electron chi connectivity index (χ3n) is 4.62. The summed E-state index contributed by atoms with van der Waals surface area (Å²) < 4.78 is 33.5. The molecule has 1 aliphatic rings. The molecule has 0 aliphatic carbocycles. The highest BCUT2D eigenvalue weighted by Crippen LogP contribution is 2.26. The van der Waals surface area contributed by atoms with Crippen LogP contribution in [0.2, 0.25) is 0 Å². The Morgan fingerprint density at radius 2 is 1.48 bits per heavy atom. The van der Waals surface area contributed by atoms with Crippen LogP contribution in [0, 0.1) is 0 Å². The summed E-state index contributed by atoms with van der Waals surface area (Å²) in [5, 5.41) is 0. The minimum atomic E-state index is -3.73. The van der Waals surface area contributed by atoms with Crippen molar-refractivity contribution in [2.45, 2.75) is 17.7 Å². The molecule has 4 rings (SSSR count). The fourth-order valence-electron chi connectivity index (χ4n) is 3.16. The molecule has 3 aromatic rings. The Morgan fingerprint density at radius 3 is 2.10 bits per heavy atom. The van der Waals surface area contributed by atoms with Crippen LogP contribution in [0.4, 0.5) is 11.4 Å². The van der Waals surface area contributed by atoms with Gasteiger partial charge in [0.25, 0.3) is 10.0 Å². The number of carbonyl (C=O) groups is 1. The van der Waals surface area contributed by atoms with Gasteiger partial charge in [-0.1, -0.05) is 18.2 Å². The Hall–Kier alpha value is -3.32. The number of hydrogen-bond donors (Lipinski definition) is 1. The zero-order chi connectivity index (χ0) is 20.3. The van der Waals surface area contributed by atoms with Gasteiger partial charge < -0.3 is 9.64 Å². The summed E-state index contributed by atoms with van der Waals surface area (Å²) >= 11 is 0. The number of benzene rings is 3. The second kappa shape index (κ2) is 7.97. The topological polar surface area (TPSA) is 75.7 Å². The number of ether oxygens (including phenoxy) is 1. The van der Waals surface area contributed by atoms with Crippen LogP contribution in [-0.4, -0.2) is 20.9 Å². The van der Waals surface area contributed by atoms with E-state index in [-0.39, 0.29) is 10.8 Å². The maximum atomic E-state index is 12.6. The molecule has 3 aromatic carbocycles. The van der Waals surface area contributed by atoms with Crippen LogP contribution in [0.15, 0.2) is 83.8 Å². The van der Waals surface area contributed by atoms with E-state index in [1.807, 2.05) is 30.3 Å². The quantitative estimate of drug-likeness (QED) is 0.656. The summed E-state index contributed by atoms with van der Waals surface area (Å²) in [6.07, 6.45) is 1.40. The van der Waals surface area contributed by atoms with Crippen LogP contribution in [0.25, 0.3) is 0 Å². The lowest BCUT2D eigenvalue weighted by Gasteiger charge is -2.16. The van der Waals surface area contributed by atoms with E-state index < -0.39 is 10.0 Å². The molecule has 0 aromatic heterocycles. The molecular formula is C22H20N2O4S. The van der Waals surface area contributed by atoms with Crippen molar-refractivity contribution < 1.29 is 17.9 Å². The Kier molecular flexibility index (Phi) is 5.22. The Bertz CT molecular complexity index is 1100. The summed E-state index contributed by atoms with van der Waals surface area (Å²) in [5.74, 6) is 1.32. The molecule has 7 heteroatoms. The maximum absolute atomic E-state index is 12.6. The first-order valence-electron chi connectivity index (χ1n) is 9.27. The van der Waals surface area contributed by atoms with Gasteiger partial charge in [-0.15, -0.1) is 0 Å². The van der Waals surface area contributed by atoms with Crippen molar-refractivity contribution in [3.05, 3.63) is 78.9 Å². The summed E-state index contributed by atoms with van der Waals surface area (Å²) in [6, 6.07) is 22.3. The second-order valence-electron chi connectivity index (χ2n) is 6.69. The largest absolute Gasteiger partial charge is 0.457 e. The highest BCUT2D eigenvalue weighted by molar-refractivity contribution is 7.92. The lowest BCUT2D eigenvalue weighted by Crippen LogP contribution is -2.23. The fourth-order valence-corrected chi connectivity index (χ4v) is 4.21. The molecule has 1 saturated heterocycles. The Morgan fingerprint density at radius 1 is 0.828 bits per heavy atom. The average molecular weight is 408 g/mol. The number of nitrogens with one attached hydrogen (secondary N) is 1. The number of anilines is 2. The molecule has 1 fully saturated rings. The van der Waals surface area contributed by atoms with Crippen LogP contribution in [0.1, 0.15) is 12.8 Å². The van der Waals surface area contributed by atoms with E-state index in [0.717, 1.165) is 12.1 Å². The molecule has 1 amide bonds.